The van der Waals surface area contributed by atoms with E-state index in [4.69, 9.17) is 16.3 Å². The lowest BCUT2D eigenvalue weighted by molar-refractivity contribution is 0.0526. The number of rotatable bonds is 7. The van der Waals surface area contributed by atoms with Crippen LogP contribution in [-0.2, 0) is 4.74 Å². The standard InChI is InChI=1S/C23H25ClN4O2/c1-2-30-23(29)18-9-7-17(8-10-18)22(16-5-3-4-6-16)27-19-11-12-21(25-13-19)28-14-20(24)26-15-28/h7-16,22,27H,2-6H2,1H3. The number of nitrogens with zero attached hydrogens (tertiary/aromatic N) is 3. The minimum atomic E-state index is -0.284. The number of anilines is 1. The van der Waals surface area contributed by atoms with Gasteiger partial charge in [0.1, 0.15) is 17.3 Å². The summed E-state index contributed by atoms with van der Waals surface area (Å²) in [7, 11) is 0. The van der Waals surface area contributed by atoms with Gasteiger partial charge in [0.05, 0.1) is 30.1 Å². The summed E-state index contributed by atoms with van der Waals surface area (Å²) in [5.74, 6) is 1.02. The molecule has 0 saturated heterocycles. The molecule has 1 unspecified atom stereocenters. The van der Waals surface area contributed by atoms with Crippen molar-refractivity contribution in [1.82, 2.24) is 14.5 Å². The zero-order valence-corrected chi connectivity index (χ0v) is 17.7. The molecule has 2 heterocycles. The van der Waals surface area contributed by atoms with E-state index in [1.54, 1.807) is 17.1 Å². The Balaban J connectivity index is 1.53. The first kappa shape index (κ1) is 20.4. The van der Waals surface area contributed by atoms with Crippen molar-refractivity contribution in [3.8, 4) is 5.82 Å². The smallest absolute Gasteiger partial charge is 0.338 e. The van der Waals surface area contributed by atoms with E-state index in [2.05, 4.69) is 15.3 Å². The lowest BCUT2D eigenvalue weighted by Gasteiger charge is -2.26. The van der Waals surface area contributed by atoms with Crippen molar-refractivity contribution >= 4 is 23.3 Å². The third kappa shape index (κ3) is 4.65. The largest absolute Gasteiger partial charge is 0.462 e. The molecule has 2 aromatic heterocycles. The summed E-state index contributed by atoms with van der Waals surface area (Å²) >= 11 is 5.90. The highest BCUT2D eigenvalue weighted by Crippen LogP contribution is 2.38. The molecule has 0 spiro atoms. The van der Waals surface area contributed by atoms with Gasteiger partial charge in [0.2, 0.25) is 0 Å². The maximum absolute atomic E-state index is 12.0. The fraction of sp³-hybridized carbons (Fsp3) is 0.348. The highest BCUT2D eigenvalue weighted by molar-refractivity contribution is 6.29. The number of aromatic nitrogens is 3. The number of halogens is 1. The van der Waals surface area contributed by atoms with Crippen LogP contribution in [0.1, 0.15) is 54.6 Å². The zero-order chi connectivity index (χ0) is 20.9. The Morgan fingerprint density at radius 2 is 1.97 bits per heavy atom. The quantitative estimate of drug-likeness (QED) is 0.511. The minimum absolute atomic E-state index is 0.166. The molecule has 1 N–H and O–H groups in total. The number of hydrogen-bond acceptors (Lipinski definition) is 5. The third-order valence-corrected chi connectivity index (χ3v) is 5.73. The van der Waals surface area contributed by atoms with Gasteiger partial charge in [-0.3, -0.25) is 4.57 Å². The summed E-state index contributed by atoms with van der Waals surface area (Å²) in [6.45, 7) is 2.19. The molecule has 0 bridgehead atoms. The molecule has 1 aliphatic rings. The van der Waals surface area contributed by atoms with Crippen LogP contribution in [0, 0.1) is 5.92 Å². The Labute approximate surface area is 181 Å². The maximum atomic E-state index is 12.0. The first-order chi connectivity index (χ1) is 14.6. The first-order valence-electron chi connectivity index (χ1n) is 10.3. The van der Waals surface area contributed by atoms with Crippen LogP contribution in [-0.4, -0.2) is 27.1 Å². The van der Waals surface area contributed by atoms with E-state index >= 15 is 0 Å². The summed E-state index contributed by atoms with van der Waals surface area (Å²) < 4.78 is 6.88. The fourth-order valence-corrected chi connectivity index (χ4v) is 4.18. The number of imidazole rings is 1. The van der Waals surface area contributed by atoms with Crippen LogP contribution in [0.2, 0.25) is 5.15 Å². The van der Waals surface area contributed by atoms with Crippen molar-refractivity contribution in [1.29, 1.82) is 0 Å². The van der Waals surface area contributed by atoms with Crippen LogP contribution in [0.4, 0.5) is 5.69 Å². The van der Waals surface area contributed by atoms with E-state index in [1.165, 1.54) is 31.2 Å². The van der Waals surface area contributed by atoms with Gasteiger partial charge in [0.25, 0.3) is 0 Å². The van der Waals surface area contributed by atoms with Crippen LogP contribution < -0.4 is 5.32 Å². The fourth-order valence-electron chi connectivity index (χ4n) is 4.03. The summed E-state index contributed by atoms with van der Waals surface area (Å²) in [5.41, 5.74) is 2.70. The molecule has 1 fully saturated rings. The molecule has 1 aliphatic carbocycles. The number of esters is 1. The molecule has 1 saturated carbocycles. The normalized spacial score (nSPS) is 15.1. The van der Waals surface area contributed by atoms with Gasteiger partial charge in [0.15, 0.2) is 0 Å². The molecule has 1 aromatic carbocycles. The zero-order valence-electron chi connectivity index (χ0n) is 16.9. The summed E-state index contributed by atoms with van der Waals surface area (Å²) in [5, 5.41) is 4.10. The minimum Gasteiger partial charge on any atom is -0.462 e. The monoisotopic (exact) mass is 424 g/mol. The second kappa shape index (κ2) is 9.30. The van der Waals surface area contributed by atoms with Gasteiger partial charge in [-0.1, -0.05) is 36.6 Å². The number of pyridine rings is 1. The average molecular weight is 425 g/mol. The Hall–Kier alpha value is -2.86. The maximum Gasteiger partial charge on any atom is 0.338 e. The molecule has 1 atom stereocenters. The van der Waals surface area contributed by atoms with Gasteiger partial charge in [-0.15, -0.1) is 0 Å². The highest BCUT2D eigenvalue weighted by Gasteiger charge is 2.26. The number of ether oxygens (including phenoxy) is 1. The molecule has 156 valence electrons. The van der Waals surface area contributed by atoms with Gasteiger partial charge >= 0.3 is 5.97 Å². The second-order valence-corrected chi connectivity index (χ2v) is 7.91. The van der Waals surface area contributed by atoms with Crippen LogP contribution in [0.3, 0.4) is 0 Å². The molecule has 3 aromatic rings. The Morgan fingerprint density at radius 3 is 2.57 bits per heavy atom. The molecule has 4 rings (SSSR count). The summed E-state index contributed by atoms with van der Waals surface area (Å²) in [4.78, 5) is 20.5. The van der Waals surface area contributed by atoms with Crippen molar-refractivity contribution < 1.29 is 9.53 Å². The predicted molar refractivity (Wildman–Crippen MR) is 117 cm³/mol. The van der Waals surface area contributed by atoms with Crippen molar-refractivity contribution in [3.63, 3.8) is 0 Å². The average Bonchev–Trinajstić information content (AvgIpc) is 3.45. The van der Waals surface area contributed by atoms with Crippen LogP contribution >= 0.6 is 11.6 Å². The van der Waals surface area contributed by atoms with Crippen molar-refractivity contribution in [2.45, 2.75) is 38.6 Å². The molecule has 6 nitrogen and oxygen atoms in total. The number of hydrogen-bond donors (Lipinski definition) is 1. The van der Waals surface area contributed by atoms with Gasteiger partial charge in [-0.2, -0.15) is 0 Å². The van der Waals surface area contributed by atoms with Gasteiger partial charge in [-0.25, -0.2) is 14.8 Å². The third-order valence-electron chi connectivity index (χ3n) is 5.54. The van der Waals surface area contributed by atoms with Crippen molar-refractivity contribution in [2.75, 3.05) is 11.9 Å². The van der Waals surface area contributed by atoms with Crippen LogP contribution in [0.25, 0.3) is 5.82 Å². The summed E-state index contributed by atoms with van der Waals surface area (Å²) in [6.07, 6.45) is 10.1. The van der Waals surface area contributed by atoms with Gasteiger partial charge in [-0.05, 0) is 55.5 Å². The molecule has 0 amide bonds. The highest BCUT2D eigenvalue weighted by atomic mass is 35.5. The van der Waals surface area contributed by atoms with E-state index in [0.29, 0.717) is 23.2 Å². The second-order valence-electron chi connectivity index (χ2n) is 7.52. The molecule has 0 radical (unpaired) electrons. The van der Waals surface area contributed by atoms with E-state index in [-0.39, 0.29) is 12.0 Å². The lowest BCUT2D eigenvalue weighted by atomic mass is 9.91. The van der Waals surface area contributed by atoms with Gasteiger partial charge in [0, 0.05) is 6.20 Å². The number of carbonyl (C=O) groups is 1. The van der Waals surface area contributed by atoms with E-state index in [9.17, 15) is 4.79 Å². The molecule has 7 heteroatoms. The predicted octanol–water partition coefficient (Wildman–Crippen LogP) is 5.44. The first-order valence-corrected chi connectivity index (χ1v) is 10.7. The summed E-state index contributed by atoms with van der Waals surface area (Å²) in [6, 6.07) is 11.9. The molecule has 0 aliphatic heterocycles. The van der Waals surface area contributed by atoms with Crippen molar-refractivity contribution in [2.24, 2.45) is 5.92 Å². The Kier molecular flexibility index (Phi) is 6.33. The van der Waals surface area contributed by atoms with Crippen molar-refractivity contribution in [3.05, 3.63) is 71.4 Å². The molecular weight excluding hydrogens is 400 g/mol. The molecule has 30 heavy (non-hydrogen) atoms. The van der Waals surface area contributed by atoms with Gasteiger partial charge < -0.3 is 10.1 Å². The van der Waals surface area contributed by atoms with Crippen LogP contribution in [0.15, 0.2) is 55.1 Å². The topological polar surface area (TPSA) is 69.0 Å². The number of nitrogens with one attached hydrogen (secondary N) is 1. The van der Waals surface area contributed by atoms with E-state index in [0.717, 1.165) is 11.5 Å². The Morgan fingerprint density at radius 1 is 1.20 bits per heavy atom. The number of benzene rings is 1. The van der Waals surface area contributed by atoms with E-state index < -0.39 is 0 Å². The Bertz CT molecular complexity index is 979. The van der Waals surface area contributed by atoms with Crippen LogP contribution in [0.5, 0.6) is 0 Å². The van der Waals surface area contributed by atoms with E-state index in [1.807, 2.05) is 49.5 Å². The SMILES string of the molecule is CCOC(=O)c1ccc(C(Nc2ccc(-n3cnc(Cl)c3)nc2)C2CCCC2)cc1. The molecular formula is C23H25ClN4O2. The lowest BCUT2D eigenvalue weighted by Crippen LogP contribution is -2.19. The number of carbonyl (C=O) groups excluding carboxylic acids is 1.